The Morgan fingerprint density at radius 2 is 2.00 bits per heavy atom. The summed E-state index contributed by atoms with van der Waals surface area (Å²) in [6.45, 7) is -0.252. The maximum atomic E-state index is 12.0. The summed E-state index contributed by atoms with van der Waals surface area (Å²) in [7, 11) is 0. The molecule has 0 radical (unpaired) electrons. The molecule has 1 aromatic rings. The van der Waals surface area contributed by atoms with Gasteiger partial charge < -0.3 is 15.7 Å². The second-order valence-corrected chi connectivity index (χ2v) is 4.21. The van der Waals surface area contributed by atoms with Crippen molar-refractivity contribution in [3.05, 3.63) is 24.0 Å². The molecule has 0 spiro atoms. The van der Waals surface area contributed by atoms with Gasteiger partial charge in [-0.1, -0.05) is 0 Å². The molecule has 0 bridgehead atoms. The van der Waals surface area contributed by atoms with Crippen LogP contribution in [0.25, 0.3) is 0 Å². The standard InChI is InChI=1S/C11H13F3N4O4/c1-6(16-10(21)22)8(19)17-18-4-2-3-7(18)9(20)15-5-11(12,13)14/h2-4,6,16H,5H2,1H3,(H,15,20)(H,17,19)(H,21,22). The number of carbonyl (C=O) groups is 3. The van der Waals surface area contributed by atoms with Gasteiger partial charge in [0, 0.05) is 6.20 Å². The van der Waals surface area contributed by atoms with E-state index in [0.717, 1.165) is 4.68 Å². The van der Waals surface area contributed by atoms with Crippen LogP contribution in [-0.4, -0.2) is 46.5 Å². The molecule has 8 nitrogen and oxygen atoms in total. The van der Waals surface area contributed by atoms with Crippen molar-refractivity contribution >= 4 is 17.9 Å². The summed E-state index contributed by atoms with van der Waals surface area (Å²) >= 11 is 0. The van der Waals surface area contributed by atoms with E-state index in [0.29, 0.717) is 0 Å². The summed E-state index contributed by atoms with van der Waals surface area (Å²) < 4.78 is 37.0. The molecule has 0 aliphatic carbocycles. The number of carboxylic acid groups (broad SMARTS) is 1. The van der Waals surface area contributed by atoms with Gasteiger partial charge in [0.25, 0.3) is 11.8 Å². The van der Waals surface area contributed by atoms with Crippen LogP contribution in [0.5, 0.6) is 0 Å². The number of aromatic nitrogens is 1. The van der Waals surface area contributed by atoms with Crippen LogP contribution < -0.4 is 16.1 Å². The van der Waals surface area contributed by atoms with Gasteiger partial charge in [-0.05, 0) is 19.1 Å². The Morgan fingerprint density at radius 1 is 1.36 bits per heavy atom. The number of hydrogen-bond acceptors (Lipinski definition) is 3. The van der Waals surface area contributed by atoms with E-state index in [1.54, 1.807) is 5.32 Å². The third kappa shape index (κ3) is 5.34. The largest absolute Gasteiger partial charge is 0.465 e. The molecule has 22 heavy (non-hydrogen) atoms. The number of carbonyl (C=O) groups excluding carboxylic acids is 2. The Hall–Kier alpha value is -2.72. The van der Waals surface area contributed by atoms with Gasteiger partial charge in [0.1, 0.15) is 18.3 Å². The topological polar surface area (TPSA) is 112 Å². The highest BCUT2D eigenvalue weighted by Crippen LogP contribution is 2.12. The highest BCUT2D eigenvalue weighted by atomic mass is 19.4. The zero-order valence-electron chi connectivity index (χ0n) is 11.3. The SMILES string of the molecule is CC(NC(=O)O)C(=O)Nn1cccc1C(=O)NCC(F)(F)F. The minimum absolute atomic E-state index is 0.236. The first-order chi connectivity index (χ1) is 10.1. The third-order valence-electron chi connectivity index (χ3n) is 2.39. The Bertz CT molecular complexity index is 570. The molecule has 1 rings (SSSR count). The number of nitrogens with zero attached hydrogens (tertiary/aromatic N) is 1. The fraction of sp³-hybridized carbons (Fsp3) is 0.364. The molecule has 122 valence electrons. The lowest BCUT2D eigenvalue weighted by Crippen LogP contribution is -2.44. The number of nitrogens with one attached hydrogen (secondary N) is 3. The van der Waals surface area contributed by atoms with Crippen molar-refractivity contribution in [2.24, 2.45) is 0 Å². The van der Waals surface area contributed by atoms with Gasteiger partial charge in [-0.25, -0.2) is 4.79 Å². The predicted octanol–water partition coefficient (Wildman–Crippen LogP) is 0.506. The van der Waals surface area contributed by atoms with Crippen LogP contribution in [0, 0.1) is 0 Å². The van der Waals surface area contributed by atoms with Crippen LogP contribution in [0.2, 0.25) is 0 Å². The summed E-state index contributed by atoms with van der Waals surface area (Å²) in [5.74, 6) is -1.83. The van der Waals surface area contributed by atoms with E-state index in [1.165, 1.54) is 25.3 Å². The normalized spacial score (nSPS) is 12.4. The zero-order chi connectivity index (χ0) is 16.9. The van der Waals surface area contributed by atoms with Crippen molar-refractivity contribution in [2.45, 2.75) is 19.1 Å². The second kappa shape index (κ2) is 6.83. The first-order valence-electron chi connectivity index (χ1n) is 5.93. The Balaban J connectivity index is 2.71. The van der Waals surface area contributed by atoms with E-state index in [9.17, 15) is 27.6 Å². The van der Waals surface area contributed by atoms with Crippen LogP contribution in [0.4, 0.5) is 18.0 Å². The molecule has 4 N–H and O–H groups in total. The molecule has 0 aromatic carbocycles. The van der Waals surface area contributed by atoms with Gasteiger partial charge in [0.05, 0.1) is 0 Å². The lowest BCUT2D eigenvalue weighted by atomic mass is 10.3. The first kappa shape index (κ1) is 17.3. The van der Waals surface area contributed by atoms with E-state index in [1.807, 2.05) is 5.32 Å². The van der Waals surface area contributed by atoms with Gasteiger partial charge >= 0.3 is 12.3 Å². The molecule has 1 aromatic heterocycles. The van der Waals surface area contributed by atoms with Gasteiger partial charge in [0.2, 0.25) is 0 Å². The molecule has 11 heteroatoms. The highest BCUT2D eigenvalue weighted by Gasteiger charge is 2.28. The van der Waals surface area contributed by atoms with Crippen LogP contribution in [0.1, 0.15) is 17.4 Å². The van der Waals surface area contributed by atoms with E-state index in [-0.39, 0.29) is 5.69 Å². The van der Waals surface area contributed by atoms with Crippen LogP contribution in [-0.2, 0) is 4.79 Å². The summed E-state index contributed by atoms with van der Waals surface area (Å²) in [5, 5.41) is 12.0. The summed E-state index contributed by atoms with van der Waals surface area (Å²) in [4.78, 5) is 33.7. The number of alkyl halides is 3. The van der Waals surface area contributed by atoms with Crippen molar-refractivity contribution in [2.75, 3.05) is 12.0 Å². The first-order valence-corrected chi connectivity index (χ1v) is 5.93. The molecule has 1 heterocycles. The Kier molecular flexibility index (Phi) is 5.38. The molecule has 3 amide bonds. The molecule has 1 atom stereocenters. The molecule has 0 saturated heterocycles. The summed E-state index contributed by atoms with van der Waals surface area (Å²) in [6.07, 6.45) is -4.75. The molecule has 0 saturated carbocycles. The molecule has 0 aliphatic rings. The molecular weight excluding hydrogens is 309 g/mol. The van der Waals surface area contributed by atoms with Gasteiger partial charge in [-0.3, -0.25) is 19.7 Å². The van der Waals surface area contributed by atoms with Crippen LogP contribution in [0.3, 0.4) is 0 Å². The zero-order valence-corrected chi connectivity index (χ0v) is 11.3. The van der Waals surface area contributed by atoms with Gasteiger partial charge in [0.15, 0.2) is 0 Å². The summed E-state index contributed by atoms with van der Waals surface area (Å²) in [5.41, 5.74) is 1.95. The number of halogens is 3. The fourth-order valence-electron chi connectivity index (χ4n) is 1.40. The highest BCUT2D eigenvalue weighted by molar-refractivity contribution is 5.95. The number of rotatable bonds is 5. The smallest absolute Gasteiger partial charge is 0.405 e. The van der Waals surface area contributed by atoms with Crippen LogP contribution in [0.15, 0.2) is 18.3 Å². The van der Waals surface area contributed by atoms with Crippen molar-refractivity contribution in [3.8, 4) is 0 Å². The number of hydrogen-bond donors (Lipinski definition) is 4. The maximum Gasteiger partial charge on any atom is 0.405 e. The second-order valence-electron chi connectivity index (χ2n) is 4.21. The van der Waals surface area contributed by atoms with E-state index < -0.39 is 36.7 Å². The Morgan fingerprint density at radius 3 is 2.55 bits per heavy atom. The molecular formula is C11H13F3N4O4. The predicted molar refractivity (Wildman–Crippen MR) is 67.8 cm³/mol. The summed E-state index contributed by atoms with van der Waals surface area (Å²) in [6, 6.07) is 1.41. The van der Waals surface area contributed by atoms with Gasteiger partial charge in [-0.15, -0.1) is 0 Å². The minimum atomic E-state index is -4.56. The molecule has 0 fully saturated rings. The van der Waals surface area contributed by atoms with E-state index in [2.05, 4.69) is 5.43 Å². The monoisotopic (exact) mass is 322 g/mol. The van der Waals surface area contributed by atoms with E-state index >= 15 is 0 Å². The van der Waals surface area contributed by atoms with Crippen molar-refractivity contribution in [3.63, 3.8) is 0 Å². The lowest BCUT2D eigenvalue weighted by Gasteiger charge is -2.15. The number of amides is 3. The fourth-order valence-corrected chi connectivity index (χ4v) is 1.40. The quantitative estimate of drug-likeness (QED) is 0.632. The lowest BCUT2D eigenvalue weighted by molar-refractivity contribution is -0.123. The van der Waals surface area contributed by atoms with Gasteiger partial charge in [-0.2, -0.15) is 13.2 Å². The molecule has 1 unspecified atom stereocenters. The minimum Gasteiger partial charge on any atom is -0.465 e. The van der Waals surface area contributed by atoms with Crippen molar-refractivity contribution < 1.29 is 32.7 Å². The molecule has 0 aliphatic heterocycles. The maximum absolute atomic E-state index is 12.0. The average Bonchev–Trinajstić information content (AvgIpc) is 2.82. The van der Waals surface area contributed by atoms with Crippen molar-refractivity contribution in [1.29, 1.82) is 0 Å². The third-order valence-corrected chi connectivity index (χ3v) is 2.39. The van der Waals surface area contributed by atoms with E-state index in [4.69, 9.17) is 5.11 Å². The van der Waals surface area contributed by atoms with Crippen LogP contribution >= 0.6 is 0 Å². The average molecular weight is 322 g/mol. The Labute approximate surface area is 122 Å². The van der Waals surface area contributed by atoms with Crippen molar-refractivity contribution in [1.82, 2.24) is 15.3 Å².